The third kappa shape index (κ3) is 5.42. The van der Waals surface area contributed by atoms with Crippen LogP contribution in [0.2, 0.25) is 0 Å². The maximum absolute atomic E-state index is 12.6. The van der Waals surface area contributed by atoms with Gasteiger partial charge in [0.1, 0.15) is 0 Å². The molecule has 4 aromatic rings. The Morgan fingerprint density at radius 2 is 1.57 bits per heavy atom. The number of nitrogens with one attached hydrogen (secondary N) is 1. The van der Waals surface area contributed by atoms with E-state index < -0.39 is 0 Å². The Balaban J connectivity index is 1.18. The SMILES string of the molecule is Cc1ccccc1N1CN(Cc2ccc(NC(=O)Cc3ccc4ccccc4c3)cc2)CCC1=O. The van der Waals surface area contributed by atoms with E-state index in [2.05, 4.69) is 34.5 Å². The van der Waals surface area contributed by atoms with Crippen LogP contribution in [0.3, 0.4) is 0 Å². The number of benzene rings is 4. The summed E-state index contributed by atoms with van der Waals surface area (Å²) in [7, 11) is 0. The van der Waals surface area contributed by atoms with Crippen molar-refractivity contribution < 1.29 is 9.59 Å². The fourth-order valence-electron chi connectivity index (χ4n) is 4.64. The minimum Gasteiger partial charge on any atom is -0.326 e. The van der Waals surface area contributed by atoms with E-state index in [1.54, 1.807) is 0 Å². The Morgan fingerprint density at radius 1 is 0.857 bits per heavy atom. The van der Waals surface area contributed by atoms with E-state index in [4.69, 9.17) is 0 Å². The lowest BCUT2D eigenvalue weighted by atomic mass is 10.0. The molecule has 1 aliphatic heterocycles. The van der Waals surface area contributed by atoms with Crippen LogP contribution in [0, 0.1) is 6.92 Å². The molecule has 2 amide bonds. The van der Waals surface area contributed by atoms with Crippen LogP contribution in [0.25, 0.3) is 10.8 Å². The highest BCUT2D eigenvalue weighted by Gasteiger charge is 2.25. The Morgan fingerprint density at radius 3 is 2.37 bits per heavy atom. The van der Waals surface area contributed by atoms with E-state index >= 15 is 0 Å². The average molecular weight is 464 g/mol. The topological polar surface area (TPSA) is 52.6 Å². The van der Waals surface area contributed by atoms with Gasteiger partial charge in [0.05, 0.1) is 13.1 Å². The summed E-state index contributed by atoms with van der Waals surface area (Å²) in [5.74, 6) is 0.136. The van der Waals surface area contributed by atoms with E-state index in [1.807, 2.05) is 78.6 Å². The molecular weight excluding hydrogens is 434 g/mol. The normalized spacial score (nSPS) is 14.3. The largest absolute Gasteiger partial charge is 0.326 e. The molecule has 0 saturated carbocycles. The number of carbonyl (C=O) groups excluding carboxylic acids is 2. The van der Waals surface area contributed by atoms with Crippen molar-refractivity contribution in [2.24, 2.45) is 0 Å². The molecule has 1 heterocycles. The van der Waals surface area contributed by atoms with E-state index in [0.29, 0.717) is 19.5 Å². The molecule has 0 unspecified atom stereocenters. The molecular formula is C30H29N3O2. The second-order valence-electron chi connectivity index (χ2n) is 9.16. The highest BCUT2D eigenvalue weighted by Crippen LogP contribution is 2.24. The Kier molecular flexibility index (Phi) is 6.59. The van der Waals surface area contributed by atoms with E-state index in [0.717, 1.165) is 46.5 Å². The molecule has 4 aromatic carbocycles. The van der Waals surface area contributed by atoms with Crippen LogP contribution in [0.5, 0.6) is 0 Å². The third-order valence-electron chi connectivity index (χ3n) is 6.51. The van der Waals surface area contributed by atoms with Crippen LogP contribution in [0.4, 0.5) is 11.4 Å². The molecule has 0 aromatic heterocycles. The fraction of sp³-hybridized carbons (Fsp3) is 0.200. The maximum atomic E-state index is 12.6. The van der Waals surface area contributed by atoms with Gasteiger partial charge >= 0.3 is 0 Å². The standard InChI is InChI=1S/C30H29N3O2/c1-22-6-2-5-9-28(22)33-21-32(17-16-30(33)35)20-23-11-14-27(15-12-23)31-29(34)19-24-10-13-25-7-3-4-8-26(25)18-24/h2-15,18H,16-17,19-21H2,1H3,(H,31,34). The van der Waals surface area contributed by atoms with Gasteiger partial charge in [-0.2, -0.15) is 0 Å². The number of amides is 2. The highest BCUT2D eigenvalue weighted by molar-refractivity contribution is 5.95. The number of aryl methyl sites for hydroxylation is 1. The first-order chi connectivity index (χ1) is 17.0. The average Bonchev–Trinajstić information content (AvgIpc) is 2.87. The highest BCUT2D eigenvalue weighted by atomic mass is 16.2. The van der Waals surface area contributed by atoms with Crippen molar-refractivity contribution in [2.75, 3.05) is 23.4 Å². The second kappa shape index (κ2) is 10.1. The molecule has 5 nitrogen and oxygen atoms in total. The van der Waals surface area contributed by atoms with Gasteiger partial charge in [0, 0.05) is 30.9 Å². The summed E-state index contributed by atoms with van der Waals surface area (Å²) in [5, 5.41) is 5.32. The number of anilines is 2. The second-order valence-corrected chi connectivity index (χ2v) is 9.16. The van der Waals surface area contributed by atoms with Gasteiger partial charge < -0.3 is 5.32 Å². The first-order valence-corrected chi connectivity index (χ1v) is 12.0. The lowest BCUT2D eigenvalue weighted by molar-refractivity contribution is -0.121. The van der Waals surface area contributed by atoms with Crippen LogP contribution in [-0.4, -0.2) is 29.9 Å². The van der Waals surface area contributed by atoms with Gasteiger partial charge in [-0.05, 0) is 52.6 Å². The lowest BCUT2D eigenvalue weighted by Gasteiger charge is -2.36. The van der Waals surface area contributed by atoms with Crippen molar-refractivity contribution in [1.29, 1.82) is 0 Å². The third-order valence-corrected chi connectivity index (χ3v) is 6.51. The maximum Gasteiger partial charge on any atom is 0.229 e. The van der Waals surface area contributed by atoms with Gasteiger partial charge in [0.25, 0.3) is 0 Å². The van der Waals surface area contributed by atoms with Crippen molar-refractivity contribution in [3.05, 3.63) is 108 Å². The fourth-order valence-corrected chi connectivity index (χ4v) is 4.64. The quantitative estimate of drug-likeness (QED) is 0.409. The molecule has 5 heteroatoms. The van der Waals surface area contributed by atoms with Crippen molar-refractivity contribution >= 4 is 34.0 Å². The van der Waals surface area contributed by atoms with Crippen molar-refractivity contribution in [3.63, 3.8) is 0 Å². The van der Waals surface area contributed by atoms with Gasteiger partial charge in [-0.3, -0.25) is 19.4 Å². The molecule has 1 aliphatic rings. The number of rotatable bonds is 6. The summed E-state index contributed by atoms with van der Waals surface area (Å²) >= 11 is 0. The number of para-hydroxylation sites is 1. The van der Waals surface area contributed by atoms with Crippen LogP contribution in [-0.2, 0) is 22.6 Å². The predicted octanol–water partition coefficient (Wildman–Crippen LogP) is 5.53. The summed E-state index contributed by atoms with van der Waals surface area (Å²) in [6.07, 6.45) is 0.848. The molecule has 176 valence electrons. The van der Waals surface area contributed by atoms with E-state index in [-0.39, 0.29) is 11.8 Å². The summed E-state index contributed by atoms with van der Waals surface area (Å²) in [5.41, 5.74) is 5.01. The van der Waals surface area contributed by atoms with E-state index in [9.17, 15) is 9.59 Å². The smallest absolute Gasteiger partial charge is 0.229 e. The summed E-state index contributed by atoms with van der Waals surface area (Å²) in [6.45, 7) is 4.11. The molecule has 0 aliphatic carbocycles. The van der Waals surface area contributed by atoms with Crippen LogP contribution in [0.1, 0.15) is 23.1 Å². The first kappa shape index (κ1) is 22.8. The molecule has 0 atom stereocenters. The van der Waals surface area contributed by atoms with Crippen molar-refractivity contribution in [3.8, 4) is 0 Å². The lowest BCUT2D eigenvalue weighted by Crippen LogP contribution is -2.48. The summed E-state index contributed by atoms with van der Waals surface area (Å²) in [6, 6.07) is 30.3. The minimum absolute atomic E-state index is 0.0311. The van der Waals surface area contributed by atoms with Gasteiger partial charge in [0.15, 0.2) is 0 Å². The molecule has 0 bridgehead atoms. The van der Waals surface area contributed by atoms with Crippen molar-refractivity contribution in [2.45, 2.75) is 26.3 Å². The van der Waals surface area contributed by atoms with Crippen LogP contribution < -0.4 is 10.2 Å². The zero-order valence-corrected chi connectivity index (χ0v) is 19.9. The number of hydrogen-bond acceptors (Lipinski definition) is 3. The summed E-state index contributed by atoms with van der Waals surface area (Å²) in [4.78, 5) is 29.3. The molecule has 0 radical (unpaired) electrons. The first-order valence-electron chi connectivity index (χ1n) is 12.0. The molecule has 0 spiro atoms. The number of hydrogen-bond donors (Lipinski definition) is 1. The Hall–Kier alpha value is -3.96. The Bertz CT molecular complexity index is 1360. The summed E-state index contributed by atoms with van der Waals surface area (Å²) < 4.78 is 0. The zero-order valence-electron chi connectivity index (χ0n) is 19.9. The van der Waals surface area contributed by atoms with Gasteiger partial charge in [-0.25, -0.2) is 0 Å². The molecule has 5 rings (SSSR count). The number of fused-ring (bicyclic) bond motifs is 1. The van der Waals surface area contributed by atoms with Crippen molar-refractivity contribution in [1.82, 2.24) is 4.90 Å². The zero-order chi connectivity index (χ0) is 24.2. The van der Waals surface area contributed by atoms with E-state index in [1.165, 1.54) is 5.39 Å². The number of carbonyl (C=O) groups is 2. The molecule has 35 heavy (non-hydrogen) atoms. The van der Waals surface area contributed by atoms with Crippen LogP contribution in [0.15, 0.2) is 91.0 Å². The Labute approximate surface area is 206 Å². The molecule has 1 saturated heterocycles. The number of nitrogens with zero attached hydrogens (tertiary/aromatic N) is 2. The molecule has 1 N–H and O–H groups in total. The monoisotopic (exact) mass is 463 g/mol. The van der Waals surface area contributed by atoms with Gasteiger partial charge in [-0.1, -0.05) is 72.8 Å². The molecule has 1 fully saturated rings. The predicted molar refractivity (Wildman–Crippen MR) is 141 cm³/mol. The van der Waals surface area contributed by atoms with Gasteiger partial charge in [-0.15, -0.1) is 0 Å². The van der Waals surface area contributed by atoms with Gasteiger partial charge in [0.2, 0.25) is 11.8 Å². The minimum atomic E-state index is -0.0311. The van der Waals surface area contributed by atoms with Crippen LogP contribution >= 0.6 is 0 Å².